The molecule has 12 heteroatoms. The van der Waals surface area contributed by atoms with Gasteiger partial charge in [0, 0.05) is 25.9 Å². The van der Waals surface area contributed by atoms with Crippen LogP contribution in [0.1, 0.15) is 41.3 Å². The van der Waals surface area contributed by atoms with Crippen LogP contribution in [0.3, 0.4) is 0 Å². The lowest BCUT2D eigenvalue weighted by Gasteiger charge is -2.11. The van der Waals surface area contributed by atoms with E-state index in [0.29, 0.717) is 31.0 Å². The number of methoxy groups -OCH3 is 1. The first-order valence-corrected chi connectivity index (χ1v) is 12.0. The maximum absolute atomic E-state index is 13.6. The van der Waals surface area contributed by atoms with Gasteiger partial charge in [-0.25, -0.2) is 14.2 Å². The lowest BCUT2D eigenvalue weighted by atomic mass is 10.2. The SMILES string of the molecule is COc1ccc(Cn2nc(N3CCCC3)nc2CCc2nc3c(C(F)(F)F)cc(Cl)c(C)n3n2)cc1. The molecule has 0 N–H and O–H groups in total. The second-order valence-corrected chi connectivity index (χ2v) is 9.19. The number of alkyl halides is 3. The minimum atomic E-state index is -4.59. The highest BCUT2D eigenvalue weighted by Gasteiger charge is 2.35. The number of nitrogens with zero attached hydrogens (tertiary/aromatic N) is 7. The third kappa shape index (κ3) is 4.84. The maximum atomic E-state index is 13.6. The Bertz CT molecular complexity index is 1380. The van der Waals surface area contributed by atoms with Crippen molar-refractivity contribution in [1.82, 2.24) is 29.4 Å². The number of ether oxygens (including phenoxy) is 1. The maximum Gasteiger partial charge on any atom is 0.420 e. The van der Waals surface area contributed by atoms with Gasteiger partial charge in [-0.15, -0.1) is 5.10 Å². The zero-order chi connectivity index (χ0) is 25.4. The van der Waals surface area contributed by atoms with Crippen molar-refractivity contribution in [2.75, 3.05) is 25.1 Å². The molecule has 1 saturated heterocycles. The van der Waals surface area contributed by atoms with Crippen molar-refractivity contribution in [2.45, 2.75) is 45.3 Å². The van der Waals surface area contributed by atoms with E-state index in [1.54, 1.807) is 14.0 Å². The van der Waals surface area contributed by atoms with Gasteiger partial charge in [-0.05, 0) is 43.5 Å². The first-order chi connectivity index (χ1) is 17.2. The van der Waals surface area contributed by atoms with Crippen LogP contribution in [0, 0.1) is 6.92 Å². The van der Waals surface area contributed by atoms with Crippen LogP contribution in [0.25, 0.3) is 5.65 Å². The van der Waals surface area contributed by atoms with E-state index in [2.05, 4.69) is 15.0 Å². The fourth-order valence-electron chi connectivity index (χ4n) is 4.33. The quantitative estimate of drug-likeness (QED) is 0.351. The second-order valence-electron chi connectivity index (χ2n) is 8.78. The first-order valence-electron chi connectivity index (χ1n) is 11.7. The molecule has 36 heavy (non-hydrogen) atoms. The third-order valence-corrected chi connectivity index (χ3v) is 6.70. The Hall–Kier alpha value is -3.34. The molecule has 0 saturated carbocycles. The van der Waals surface area contributed by atoms with Crippen molar-refractivity contribution in [3.05, 3.63) is 63.8 Å². The topological polar surface area (TPSA) is 73.4 Å². The number of rotatable bonds is 7. The summed E-state index contributed by atoms with van der Waals surface area (Å²) in [5.41, 5.74) is 0.269. The van der Waals surface area contributed by atoms with Gasteiger partial charge in [0.2, 0.25) is 5.95 Å². The van der Waals surface area contributed by atoms with Crippen LogP contribution in [0.15, 0.2) is 30.3 Å². The highest BCUT2D eigenvalue weighted by atomic mass is 35.5. The standard InChI is InChI=1S/C24H25ClF3N7O/c1-15-19(25)13-18(24(26,27)28)22-29-20(31-35(15)22)9-10-21-30-23(33-11-3-4-12-33)32-34(21)14-16-5-7-17(36-2)8-6-16/h5-8,13H,3-4,9-12,14H2,1-2H3. The second kappa shape index (κ2) is 9.61. The number of aryl methyl sites for hydroxylation is 3. The van der Waals surface area contributed by atoms with Crippen LogP contribution >= 0.6 is 11.6 Å². The van der Waals surface area contributed by atoms with Gasteiger partial charge in [-0.3, -0.25) is 0 Å². The number of anilines is 1. The molecular weight excluding hydrogens is 495 g/mol. The number of fused-ring (bicyclic) bond motifs is 1. The number of pyridine rings is 1. The van der Waals surface area contributed by atoms with E-state index in [1.807, 2.05) is 28.9 Å². The molecule has 0 bridgehead atoms. The predicted molar refractivity (Wildman–Crippen MR) is 129 cm³/mol. The van der Waals surface area contributed by atoms with Crippen LogP contribution in [0.5, 0.6) is 5.75 Å². The van der Waals surface area contributed by atoms with Gasteiger partial charge in [0.1, 0.15) is 17.1 Å². The molecular formula is C24H25ClF3N7O. The third-order valence-electron chi connectivity index (χ3n) is 6.32. The summed E-state index contributed by atoms with van der Waals surface area (Å²) in [6, 6.07) is 8.61. The molecule has 0 spiro atoms. The molecule has 4 aromatic rings. The van der Waals surface area contributed by atoms with Crippen molar-refractivity contribution >= 4 is 23.2 Å². The van der Waals surface area contributed by atoms with E-state index < -0.39 is 11.7 Å². The largest absolute Gasteiger partial charge is 0.497 e. The fraction of sp³-hybridized carbons (Fsp3) is 0.417. The summed E-state index contributed by atoms with van der Waals surface area (Å²) in [5, 5.41) is 9.05. The summed E-state index contributed by atoms with van der Waals surface area (Å²) >= 11 is 6.04. The summed E-state index contributed by atoms with van der Waals surface area (Å²) in [4.78, 5) is 11.1. The lowest BCUT2D eigenvalue weighted by Crippen LogP contribution is -2.19. The van der Waals surface area contributed by atoms with Gasteiger partial charge in [-0.2, -0.15) is 23.3 Å². The Labute approximate surface area is 210 Å². The van der Waals surface area contributed by atoms with Crippen LogP contribution in [0.2, 0.25) is 5.02 Å². The molecule has 190 valence electrons. The number of halogens is 4. The predicted octanol–water partition coefficient (Wildman–Crippen LogP) is 4.74. The molecule has 0 radical (unpaired) electrons. The van der Waals surface area contributed by atoms with Crippen molar-refractivity contribution < 1.29 is 17.9 Å². The Balaban J connectivity index is 1.43. The van der Waals surface area contributed by atoms with Crippen molar-refractivity contribution in [3.8, 4) is 5.75 Å². The van der Waals surface area contributed by atoms with Crippen molar-refractivity contribution in [1.29, 1.82) is 0 Å². The monoisotopic (exact) mass is 519 g/mol. The van der Waals surface area contributed by atoms with Crippen LogP contribution in [-0.4, -0.2) is 49.6 Å². The van der Waals surface area contributed by atoms with Gasteiger partial charge >= 0.3 is 6.18 Å². The molecule has 8 nitrogen and oxygen atoms in total. The van der Waals surface area contributed by atoms with Gasteiger partial charge in [-0.1, -0.05) is 23.7 Å². The highest BCUT2D eigenvalue weighted by molar-refractivity contribution is 6.31. The summed E-state index contributed by atoms with van der Waals surface area (Å²) < 4.78 is 49.0. The minimum absolute atomic E-state index is 0.0132. The van der Waals surface area contributed by atoms with Gasteiger partial charge in [0.25, 0.3) is 0 Å². The Kier molecular flexibility index (Phi) is 6.50. The zero-order valence-corrected chi connectivity index (χ0v) is 20.6. The van der Waals surface area contributed by atoms with E-state index in [-0.39, 0.29) is 16.5 Å². The van der Waals surface area contributed by atoms with Gasteiger partial charge in [0.05, 0.1) is 24.4 Å². The number of aromatic nitrogens is 6. The molecule has 4 heterocycles. The van der Waals surface area contributed by atoms with E-state index in [1.165, 1.54) is 0 Å². The number of hydrogen-bond donors (Lipinski definition) is 0. The van der Waals surface area contributed by atoms with E-state index in [4.69, 9.17) is 26.4 Å². The minimum Gasteiger partial charge on any atom is -0.497 e. The number of hydrogen-bond acceptors (Lipinski definition) is 6. The molecule has 0 unspecified atom stereocenters. The molecule has 5 rings (SSSR count). The van der Waals surface area contributed by atoms with Gasteiger partial charge < -0.3 is 9.64 Å². The van der Waals surface area contributed by atoms with E-state index in [9.17, 15) is 13.2 Å². The van der Waals surface area contributed by atoms with Crippen LogP contribution in [0.4, 0.5) is 19.1 Å². The van der Waals surface area contributed by atoms with Gasteiger partial charge in [0.15, 0.2) is 11.5 Å². The highest BCUT2D eigenvalue weighted by Crippen LogP contribution is 2.35. The Morgan fingerprint density at radius 2 is 1.75 bits per heavy atom. The molecule has 0 amide bonds. The average molecular weight is 520 g/mol. The van der Waals surface area contributed by atoms with E-state index >= 15 is 0 Å². The first kappa shape index (κ1) is 24.4. The molecule has 1 aliphatic heterocycles. The molecule has 0 atom stereocenters. The molecule has 0 aliphatic carbocycles. The summed E-state index contributed by atoms with van der Waals surface area (Å²) in [5.74, 6) is 2.44. The molecule has 1 aliphatic rings. The van der Waals surface area contributed by atoms with Crippen LogP contribution < -0.4 is 9.64 Å². The van der Waals surface area contributed by atoms with Crippen molar-refractivity contribution in [3.63, 3.8) is 0 Å². The fourth-order valence-corrected chi connectivity index (χ4v) is 4.51. The normalized spacial score (nSPS) is 14.2. The molecule has 1 aromatic carbocycles. The van der Waals surface area contributed by atoms with Crippen molar-refractivity contribution in [2.24, 2.45) is 0 Å². The zero-order valence-electron chi connectivity index (χ0n) is 19.9. The summed E-state index contributed by atoms with van der Waals surface area (Å²) in [6.45, 7) is 3.92. The molecule has 1 fully saturated rings. The van der Waals surface area contributed by atoms with E-state index in [0.717, 1.165) is 53.7 Å². The molecule has 3 aromatic heterocycles. The lowest BCUT2D eigenvalue weighted by molar-refractivity contribution is -0.136. The average Bonchev–Trinajstić information content (AvgIpc) is 3.60. The smallest absolute Gasteiger partial charge is 0.420 e. The summed E-state index contributed by atoms with van der Waals surface area (Å²) in [7, 11) is 1.62. The Morgan fingerprint density at radius 1 is 1.03 bits per heavy atom. The Morgan fingerprint density at radius 3 is 2.42 bits per heavy atom. The van der Waals surface area contributed by atoms with Crippen LogP contribution in [-0.2, 0) is 25.6 Å². The number of benzene rings is 1. The summed E-state index contributed by atoms with van der Waals surface area (Å²) in [6.07, 6.45) is -1.68.